The topological polar surface area (TPSA) is 66.2 Å². The van der Waals surface area contributed by atoms with Crippen LogP contribution >= 0.6 is 11.8 Å². The number of aromatic nitrogens is 3. The molecule has 0 bridgehead atoms. The summed E-state index contributed by atoms with van der Waals surface area (Å²) in [4.78, 5) is 11.9. The summed E-state index contributed by atoms with van der Waals surface area (Å²) in [6.07, 6.45) is 1.76. The maximum atomic E-state index is 11.9. The largest absolute Gasteiger partial charge is 0.496 e. The van der Waals surface area contributed by atoms with Crippen LogP contribution in [0.15, 0.2) is 42.1 Å². The molecular weight excluding hydrogens is 338 g/mol. The van der Waals surface area contributed by atoms with Crippen molar-refractivity contribution in [1.29, 1.82) is 0 Å². The molecule has 0 saturated heterocycles. The highest BCUT2D eigenvalue weighted by Gasteiger charge is 2.20. The summed E-state index contributed by atoms with van der Waals surface area (Å²) < 4.78 is 12.6. The summed E-state index contributed by atoms with van der Waals surface area (Å²) in [5.74, 6) is 1.26. The Morgan fingerprint density at radius 1 is 1.32 bits per heavy atom. The molecule has 134 valence electrons. The molecule has 1 aromatic heterocycles. The molecule has 0 atom stereocenters. The van der Waals surface area contributed by atoms with Gasteiger partial charge < -0.3 is 9.47 Å². The van der Waals surface area contributed by atoms with Crippen molar-refractivity contribution in [2.45, 2.75) is 38.1 Å². The van der Waals surface area contributed by atoms with Crippen molar-refractivity contribution in [2.75, 3.05) is 12.9 Å². The number of ether oxygens (including phenoxy) is 2. The zero-order valence-corrected chi connectivity index (χ0v) is 15.8. The molecule has 1 aromatic carbocycles. The standard InChI is InChI=1S/C18H23N3O3S/c1-6-11-21-16(13-9-7-8-10-14(13)23-5)19-20-17(21)25-12-15(22)24-18(2,3)4/h6-10H,1,11-12H2,2-5H3. The number of para-hydroxylation sites is 1. The predicted molar refractivity (Wildman–Crippen MR) is 98.8 cm³/mol. The molecule has 25 heavy (non-hydrogen) atoms. The molecule has 0 aliphatic heterocycles. The van der Waals surface area contributed by atoms with E-state index in [9.17, 15) is 4.79 Å². The fourth-order valence-electron chi connectivity index (χ4n) is 2.21. The minimum Gasteiger partial charge on any atom is -0.496 e. The fourth-order valence-corrected chi connectivity index (χ4v) is 2.93. The van der Waals surface area contributed by atoms with E-state index in [2.05, 4.69) is 16.8 Å². The van der Waals surface area contributed by atoms with E-state index in [-0.39, 0.29) is 11.7 Å². The van der Waals surface area contributed by atoms with E-state index in [4.69, 9.17) is 9.47 Å². The first-order valence-electron chi connectivity index (χ1n) is 7.88. The van der Waals surface area contributed by atoms with E-state index in [1.807, 2.05) is 49.6 Å². The molecule has 1 heterocycles. The van der Waals surface area contributed by atoms with Gasteiger partial charge in [0, 0.05) is 6.54 Å². The van der Waals surface area contributed by atoms with Gasteiger partial charge in [-0.3, -0.25) is 9.36 Å². The van der Waals surface area contributed by atoms with Gasteiger partial charge in [0.1, 0.15) is 11.4 Å². The minimum atomic E-state index is -0.505. The monoisotopic (exact) mass is 361 g/mol. The van der Waals surface area contributed by atoms with E-state index >= 15 is 0 Å². The highest BCUT2D eigenvalue weighted by atomic mass is 32.2. The lowest BCUT2D eigenvalue weighted by Gasteiger charge is -2.19. The average Bonchev–Trinajstić information content (AvgIpc) is 2.94. The van der Waals surface area contributed by atoms with Gasteiger partial charge in [-0.2, -0.15) is 0 Å². The summed E-state index contributed by atoms with van der Waals surface area (Å²) in [6.45, 7) is 9.84. The molecule has 0 fully saturated rings. The Kier molecular flexibility index (Phi) is 6.25. The van der Waals surface area contributed by atoms with Gasteiger partial charge in [0.05, 0.1) is 18.4 Å². The van der Waals surface area contributed by atoms with E-state index in [1.54, 1.807) is 13.2 Å². The third kappa shape index (κ3) is 5.09. The summed E-state index contributed by atoms with van der Waals surface area (Å²) in [5.41, 5.74) is 0.332. The van der Waals surface area contributed by atoms with Gasteiger partial charge >= 0.3 is 5.97 Å². The number of hydrogen-bond donors (Lipinski definition) is 0. The fraction of sp³-hybridized carbons (Fsp3) is 0.389. The lowest BCUT2D eigenvalue weighted by Crippen LogP contribution is -2.25. The summed E-state index contributed by atoms with van der Waals surface area (Å²) in [5, 5.41) is 9.13. The Labute approximate surface area is 152 Å². The maximum absolute atomic E-state index is 11.9. The van der Waals surface area contributed by atoms with Crippen LogP contribution < -0.4 is 4.74 Å². The number of carbonyl (C=O) groups excluding carboxylic acids is 1. The predicted octanol–water partition coefficient (Wildman–Crippen LogP) is 3.57. The highest BCUT2D eigenvalue weighted by Crippen LogP contribution is 2.31. The quantitative estimate of drug-likeness (QED) is 0.427. The second-order valence-electron chi connectivity index (χ2n) is 6.28. The number of carbonyl (C=O) groups is 1. The highest BCUT2D eigenvalue weighted by molar-refractivity contribution is 7.99. The number of thioether (sulfide) groups is 1. The molecule has 0 spiro atoms. The van der Waals surface area contributed by atoms with Crippen LogP contribution in [0.2, 0.25) is 0 Å². The SMILES string of the molecule is C=CCn1c(SCC(=O)OC(C)(C)C)nnc1-c1ccccc1OC. The summed E-state index contributed by atoms with van der Waals surface area (Å²) in [6, 6.07) is 7.60. The van der Waals surface area contributed by atoms with Gasteiger partial charge in [-0.25, -0.2) is 0 Å². The normalized spacial score (nSPS) is 11.2. The maximum Gasteiger partial charge on any atom is 0.316 e. The van der Waals surface area contributed by atoms with Gasteiger partial charge in [0.25, 0.3) is 0 Å². The third-order valence-electron chi connectivity index (χ3n) is 3.12. The molecule has 0 aliphatic carbocycles. The number of methoxy groups -OCH3 is 1. The molecule has 7 heteroatoms. The first-order valence-corrected chi connectivity index (χ1v) is 8.86. The molecule has 6 nitrogen and oxygen atoms in total. The number of nitrogens with zero attached hydrogens (tertiary/aromatic N) is 3. The zero-order valence-electron chi connectivity index (χ0n) is 15.0. The van der Waals surface area contributed by atoms with Crippen molar-refractivity contribution in [2.24, 2.45) is 0 Å². The molecule has 0 saturated carbocycles. The third-order valence-corrected chi connectivity index (χ3v) is 4.06. The summed E-state index contributed by atoms with van der Waals surface area (Å²) >= 11 is 1.29. The lowest BCUT2D eigenvalue weighted by molar-refractivity contribution is -0.151. The number of benzene rings is 1. The summed E-state index contributed by atoms with van der Waals surface area (Å²) in [7, 11) is 1.62. The van der Waals surface area contributed by atoms with Crippen LogP contribution in [0.25, 0.3) is 11.4 Å². The van der Waals surface area contributed by atoms with Crippen molar-refractivity contribution in [3.8, 4) is 17.1 Å². The Hall–Kier alpha value is -2.28. The minimum absolute atomic E-state index is 0.165. The van der Waals surface area contributed by atoms with Crippen LogP contribution in [0.4, 0.5) is 0 Å². The molecule has 2 rings (SSSR count). The van der Waals surface area contributed by atoms with Gasteiger partial charge in [-0.1, -0.05) is 30.0 Å². The number of hydrogen-bond acceptors (Lipinski definition) is 6. The van der Waals surface area contributed by atoms with Crippen LogP contribution in [-0.2, 0) is 16.1 Å². The molecule has 0 N–H and O–H groups in total. The van der Waals surface area contributed by atoms with Crippen LogP contribution in [0, 0.1) is 0 Å². The molecular formula is C18H23N3O3S. The molecule has 0 aliphatic rings. The van der Waals surface area contributed by atoms with Crippen molar-refractivity contribution in [3.05, 3.63) is 36.9 Å². The van der Waals surface area contributed by atoms with Crippen LogP contribution in [0.1, 0.15) is 20.8 Å². The average molecular weight is 361 g/mol. The molecule has 2 aromatic rings. The molecule has 0 unspecified atom stereocenters. The molecule has 0 radical (unpaired) electrons. The Morgan fingerprint density at radius 3 is 2.68 bits per heavy atom. The first-order chi connectivity index (χ1) is 11.9. The van der Waals surface area contributed by atoms with Gasteiger partial charge in [0.15, 0.2) is 11.0 Å². The zero-order chi connectivity index (χ0) is 18.4. The van der Waals surface area contributed by atoms with E-state index in [0.717, 1.165) is 5.56 Å². The number of rotatable bonds is 7. The second kappa shape index (κ2) is 8.20. The van der Waals surface area contributed by atoms with E-state index in [1.165, 1.54) is 11.8 Å². The number of esters is 1. The van der Waals surface area contributed by atoms with E-state index < -0.39 is 5.60 Å². The van der Waals surface area contributed by atoms with Crippen LogP contribution in [0.5, 0.6) is 5.75 Å². The lowest BCUT2D eigenvalue weighted by atomic mass is 10.2. The van der Waals surface area contributed by atoms with Gasteiger partial charge in [-0.15, -0.1) is 16.8 Å². The Bertz CT molecular complexity index is 750. The van der Waals surface area contributed by atoms with Crippen LogP contribution in [0.3, 0.4) is 0 Å². The Morgan fingerprint density at radius 2 is 2.04 bits per heavy atom. The van der Waals surface area contributed by atoms with Gasteiger partial charge in [-0.05, 0) is 32.9 Å². The smallest absolute Gasteiger partial charge is 0.316 e. The van der Waals surface area contributed by atoms with Crippen molar-refractivity contribution >= 4 is 17.7 Å². The first kappa shape index (κ1) is 19.1. The number of allylic oxidation sites excluding steroid dienone is 1. The van der Waals surface area contributed by atoms with Gasteiger partial charge in [0.2, 0.25) is 0 Å². The molecule has 0 amide bonds. The second-order valence-corrected chi connectivity index (χ2v) is 7.22. The van der Waals surface area contributed by atoms with Crippen molar-refractivity contribution in [3.63, 3.8) is 0 Å². The van der Waals surface area contributed by atoms with E-state index in [0.29, 0.717) is 23.3 Å². The van der Waals surface area contributed by atoms with Crippen molar-refractivity contribution < 1.29 is 14.3 Å². The van der Waals surface area contributed by atoms with Crippen LogP contribution in [-0.4, -0.2) is 39.2 Å². The Balaban J connectivity index is 2.25. The van der Waals surface area contributed by atoms with Crippen molar-refractivity contribution in [1.82, 2.24) is 14.8 Å².